The molecule has 0 fully saturated rings. The number of hydrogen-bond donors (Lipinski definition) is 0. The number of halogens is 2. The second-order valence-electron chi connectivity index (χ2n) is 16.8. The third-order valence-electron chi connectivity index (χ3n) is 13.0. The lowest BCUT2D eigenvalue weighted by molar-refractivity contribution is 0.584. The molecule has 0 aliphatic heterocycles. The zero-order valence-corrected chi connectivity index (χ0v) is 35.5. The lowest BCUT2D eigenvalue weighted by atomic mass is 9.97. The first-order chi connectivity index (χ1) is 32.0. The third kappa shape index (κ3) is 6.53. The van der Waals surface area contributed by atoms with Crippen molar-refractivity contribution in [2.45, 2.75) is 6.92 Å². The van der Waals surface area contributed by atoms with Crippen molar-refractivity contribution in [3.63, 3.8) is 0 Å². The van der Waals surface area contributed by atoms with Gasteiger partial charge in [-0.1, -0.05) is 176 Å². The molecule has 12 aromatic rings. The Morgan fingerprint density at radius 1 is 0.292 bits per heavy atom. The minimum Gasteiger partial charge on any atom is -0.309 e. The van der Waals surface area contributed by atoms with E-state index in [1.54, 1.807) is 0 Å². The monoisotopic (exact) mass is 838 g/mol. The van der Waals surface area contributed by atoms with Gasteiger partial charge < -0.3 is 9.13 Å². The van der Waals surface area contributed by atoms with E-state index in [0.717, 1.165) is 117 Å². The van der Waals surface area contributed by atoms with E-state index in [-0.39, 0.29) is 0 Å². The average molecular weight is 839 g/mol. The molecule has 65 heavy (non-hydrogen) atoms. The fourth-order valence-corrected chi connectivity index (χ4v) is 9.94. The number of rotatable bonds is 7. The summed E-state index contributed by atoms with van der Waals surface area (Å²) in [4.78, 5) is 0. The van der Waals surface area contributed by atoms with Crippen LogP contribution in [-0.2, 0) is 0 Å². The van der Waals surface area contributed by atoms with Crippen LogP contribution in [0.1, 0.15) is 5.56 Å². The van der Waals surface area contributed by atoms with Gasteiger partial charge in [-0.2, -0.15) is 0 Å². The second-order valence-corrected chi connectivity index (χ2v) is 16.8. The van der Waals surface area contributed by atoms with Crippen molar-refractivity contribution in [3.8, 4) is 67.0 Å². The summed E-state index contributed by atoms with van der Waals surface area (Å²) in [5.74, 6) is -1.26. The van der Waals surface area contributed by atoms with Crippen molar-refractivity contribution in [2.75, 3.05) is 0 Å². The standard InChI is InChI=1S/C61H40F2N2/c1-39-56(64-57-34-44(40-14-6-2-7-15-40)22-26-52(57)53-27-23-45(35-58(53)64)41-16-8-3-9-17-41)31-30-51(48-32-49(62)38-50(63)33-48)61(39)65-59-36-46(42-18-10-4-11-19-42)24-28-54(59)55-29-25-47(37-60(55)65)43-20-12-5-13-21-43/h2-38H,1H3. The van der Waals surface area contributed by atoms with Gasteiger partial charge in [-0.05, 0) is 105 Å². The highest BCUT2D eigenvalue weighted by Gasteiger charge is 2.24. The van der Waals surface area contributed by atoms with Crippen LogP contribution in [0.4, 0.5) is 8.78 Å². The van der Waals surface area contributed by atoms with Gasteiger partial charge in [0.15, 0.2) is 0 Å². The molecule has 0 aliphatic rings. The van der Waals surface area contributed by atoms with E-state index >= 15 is 8.78 Å². The van der Waals surface area contributed by atoms with Crippen molar-refractivity contribution >= 4 is 43.6 Å². The van der Waals surface area contributed by atoms with Crippen molar-refractivity contribution in [1.82, 2.24) is 9.13 Å². The average Bonchev–Trinajstić information content (AvgIpc) is 3.85. The molecule has 0 aliphatic carbocycles. The van der Waals surface area contributed by atoms with Crippen LogP contribution in [0.25, 0.3) is 111 Å². The van der Waals surface area contributed by atoms with Crippen LogP contribution in [0, 0.1) is 18.6 Å². The van der Waals surface area contributed by atoms with Gasteiger partial charge >= 0.3 is 0 Å². The molecular formula is C61H40F2N2. The molecule has 12 rings (SSSR count). The molecule has 0 spiro atoms. The van der Waals surface area contributed by atoms with Crippen molar-refractivity contribution in [1.29, 1.82) is 0 Å². The normalized spacial score (nSPS) is 11.6. The van der Waals surface area contributed by atoms with E-state index in [0.29, 0.717) is 5.56 Å². The van der Waals surface area contributed by atoms with E-state index in [4.69, 9.17) is 0 Å². The Balaban J connectivity index is 1.22. The van der Waals surface area contributed by atoms with Gasteiger partial charge in [0.05, 0.1) is 33.4 Å². The quantitative estimate of drug-likeness (QED) is 0.151. The smallest absolute Gasteiger partial charge is 0.126 e. The zero-order chi connectivity index (χ0) is 43.6. The number of fused-ring (bicyclic) bond motifs is 6. The minimum absolute atomic E-state index is 0.459. The maximum absolute atomic E-state index is 15.4. The van der Waals surface area contributed by atoms with Crippen LogP contribution in [-0.4, -0.2) is 9.13 Å². The van der Waals surface area contributed by atoms with Crippen molar-refractivity contribution < 1.29 is 8.78 Å². The summed E-state index contributed by atoms with van der Waals surface area (Å²) in [5, 5.41) is 4.43. The van der Waals surface area contributed by atoms with Crippen LogP contribution in [0.5, 0.6) is 0 Å². The van der Waals surface area contributed by atoms with Crippen molar-refractivity contribution in [3.05, 3.63) is 242 Å². The highest BCUT2D eigenvalue weighted by atomic mass is 19.1. The lowest BCUT2D eigenvalue weighted by Gasteiger charge is -2.22. The van der Waals surface area contributed by atoms with E-state index in [9.17, 15) is 0 Å². The first kappa shape index (κ1) is 38.3. The van der Waals surface area contributed by atoms with Crippen LogP contribution in [0.2, 0.25) is 0 Å². The first-order valence-electron chi connectivity index (χ1n) is 22.0. The van der Waals surface area contributed by atoms with Gasteiger partial charge in [0.1, 0.15) is 11.6 Å². The Bertz CT molecular complexity index is 3560. The third-order valence-corrected chi connectivity index (χ3v) is 13.0. The topological polar surface area (TPSA) is 9.86 Å². The van der Waals surface area contributed by atoms with E-state index < -0.39 is 11.6 Å². The summed E-state index contributed by atoms with van der Waals surface area (Å²) >= 11 is 0. The van der Waals surface area contributed by atoms with Crippen LogP contribution >= 0.6 is 0 Å². The first-order valence-corrected chi connectivity index (χ1v) is 22.0. The number of aromatic nitrogens is 2. The molecule has 0 saturated carbocycles. The summed E-state index contributed by atoms with van der Waals surface area (Å²) in [6, 6.07) is 76.6. The highest BCUT2D eigenvalue weighted by Crippen LogP contribution is 2.44. The zero-order valence-electron chi connectivity index (χ0n) is 35.5. The van der Waals surface area contributed by atoms with Gasteiger partial charge in [0.25, 0.3) is 0 Å². The van der Waals surface area contributed by atoms with Gasteiger partial charge in [0, 0.05) is 33.2 Å². The maximum atomic E-state index is 15.4. The summed E-state index contributed by atoms with van der Waals surface area (Å²) in [6.45, 7) is 2.16. The molecule has 0 unspecified atom stereocenters. The number of benzene rings is 10. The Kier molecular flexibility index (Phi) is 9.13. The molecule has 0 N–H and O–H groups in total. The molecule has 4 heteroatoms. The van der Waals surface area contributed by atoms with E-state index in [2.05, 4.69) is 192 Å². The van der Waals surface area contributed by atoms with Gasteiger partial charge in [-0.25, -0.2) is 8.78 Å². The SMILES string of the molecule is Cc1c(-n2c3cc(-c4ccccc4)ccc3c3ccc(-c4ccccc4)cc32)ccc(-c2cc(F)cc(F)c2)c1-n1c2cc(-c3ccccc3)ccc2c2ccc(-c3ccccc3)cc21. The van der Waals surface area contributed by atoms with Gasteiger partial charge in [-0.3, -0.25) is 0 Å². The Hall–Kier alpha value is -8.34. The van der Waals surface area contributed by atoms with Gasteiger partial charge in [0.2, 0.25) is 0 Å². The second kappa shape index (κ2) is 15.5. The maximum Gasteiger partial charge on any atom is 0.126 e. The molecule has 2 aromatic heterocycles. The molecule has 0 atom stereocenters. The van der Waals surface area contributed by atoms with Crippen LogP contribution in [0.3, 0.4) is 0 Å². The number of hydrogen-bond acceptors (Lipinski definition) is 0. The molecule has 2 nitrogen and oxygen atoms in total. The van der Waals surface area contributed by atoms with E-state index in [1.165, 1.54) is 12.1 Å². The molecule has 0 bridgehead atoms. The molecule has 0 amide bonds. The predicted molar refractivity (Wildman–Crippen MR) is 267 cm³/mol. The molecular weight excluding hydrogens is 799 g/mol. The fourth-order valence-electron chi connectivity index (χ4n) is 9.94. The highest BCUT2D eigenvalue weighted by molar-refractivity contribution is 6.13. The molecule has 10 aromatic carbocycles. The molecule has 0 saturated heterocycles. The van der Waals surface area contributed by atoms with Gasteiger partial charge in [-0.15, -0.1) is 0 Å². The Morgan fingerprint density at radius 2 is 0.631 bits per heavy atom. The summed E-state index contributed by atoms with van der Waals surface area (Å²) in [6.07, 6.45) is 0. The predicted octanol–water partition coefficient (Wildman–Crippen LogP) is 16.8. The molecule has 2 heterocycles. The molecule has 308 valence electrons. The van der Waals surface area contributed by atoms with Crippen LogP contribution < -0.4 is 0 Å². The Morgan fingerprint density at radius 3 is 0.985 bits per heavy atom. The summed E-state index contributed by atoms with van der Waals surface area (Å²) in [7, 11) is 0. The number of nitrogens with zero attached hydrogens (tertiary/aromatic N) is 2. The van der Waals surface area contributed by atoms with Crippen molar-refractivity contribution in [2.24, 2.45) is 0 Å². The summed E-state index contributed by atoms with van der Waals surface area (Å²) < 4.78 is 35.6. The minimum atomic E-state index is -0.628. The lowest BCUT2D eigenvalue weighted by Crippen LogP contribution is -2.06. The summed E-state index contributed by atoms with van der Waals surface area (Å²) in [5.41, 5.74) is 16.9. The van der Waals surface area contributed by atoms with Crippen LogP contribution in [0.15, 0.2) is 224 Å². The Labute approximate surface area is 375 Å². The largest absolute Gasteiger partial charge is 0.309 e. The molecule has 0 radical (unpaired) electrons. The van der Waals surface area contributed by atoms with E-state index in [1.807, 2.05) is 30.3 Å². The fraction of sp³-hybridized carbons (Fsp3) is 0.0164.